The number of nitrogens with zero attached hydrogens (tertiary/aromatic N) is 3. The van der Waals surface area contributed by atoms with Crippen molar-refractivity contribution in [1.29, 1.82) is 0 Å². The number of rotatable bonds is 16. The molecule has 1 aliphatic heterocycles. The lowest BCUT2D eigenvalue weighted by Crippen LogP contribution is -2.56. The third kappa shape index (κ3) is 11.6. The van der Waals surface area contributed by atoms with Crippen molar-refractivity contribution in [2.24, 2.45) is 0 Å². The average Bonchev–Trinajstić information content (AvgIpc) is 3.62. The fraction of sp³-hybridized carbons (Fsp3) is 0.400. The van der Waals surface area contributed by atoms with Crippen molar-refractivity contribution in [3.63, 3.8) is 0 Å². The molecule has 0 saturated carbocycles. The van der Waals surface area contributed by atoms with Crippen LogP contribution in [0.2, 0.25) is 0 Å². The van der Waals surface area contributed by atoms with Crippen molar-refractivity contribution < 1.29 is 22.8 Å². The molecule has 0 aliphatic carbocycles. The average molecular weight is 692 g/mol. The summed E-state index contributed by atoms with van der Waals surface area (Å²) >= 11 is 1.55. The molecule has 9 heteroatoms. The Balaban J connectivity index is 1.60. The first-order valence-corrected chi connectivity index (χ1v) is 18.1. The molecule has 49 heavy (non-hydrogen) atoms. The number of unbranched alkanes of at least 4 members (excludes halogenated alkanes) is 2. The number of allylic oxidation sites excluding steroid dienone is 1. The van der Waals surface area contributed by atoms with Crippen molar-refractivity contribution in [2.75, 3.05) is 32.7 Å². The van der Waals surface area contributed by atoms with E-state index in [1.54, 1.807) is 16.2 Å². The Kier molecular flexibility index (Phi) is 14.5. The first kappa shape index (κ1) is 37.9. The smallest absolute Gasteiger partial charge is 0.338 e. The molecule has 262 valence electrons. The highest BCUT2D eigenvalue weighted by atomic mass is 32.1. The summed E-state index contributed by atoms with van der Waals surface area (Å²) in [6.07, 6.45) is 8.21. The van der Waals surface area contributed by atoms with Crippen molar-refractivity contribution in [1.82, 2.24) is 14.7 Å². The van der Waals surface area contributed by atoms with E-state index in [0.29, 0.717) is 38.2 Å². The molecule has 1 aromatic heterocycles. The van der Waals surface area contributed by atoms with Gasteiger partial charge >= 0.3 is 6.18 Å². The third-order valence-corrected chi connectivity index (χ3v) is 9.74. The summed E-state index contributed by atoms with van der Waals surface area (Å²) in [5.41, 5.74) is 3.02. The summed E-state index contributed by atoms with van der Waals surface area (Å²) in [5.74, 6) is -0.477. The summed E-state index contributed by atoms with van der Waals surface area (Å²) in [5, 5.41) is 1.96. The summed E-state index contributed by atoms with van der Waals surface area (Å²) in [6.45, 7) is 11.7. The second kappa shape index (κ2) is 18.7. The zero-order chi connectivity index (χ0) is 35.2. The molecule has 1 aliphatic rings. The van der Waals surface area contributed by atoms with Crippen LogP contribution in [0.15, 0.2) is 96.4 Å². The van der Waals surface area contributed by atoms with Gasteiger partial charge in [-0.1, -0.05) is 87.9 Å². The Bertz CT molecular complexity index is 1540. The van der Waals surface area contributed by atoms with Gasteiger partial charge in [0.25, 0.3) is 0 Å². The fourth-order valence-electron chi connectivity index (χ4n) is 6.00. The number of amides is 2. The number of piperazine rings is 1. The molecule has 0 bridgehead atoms. The minimum Gasteiger partial charge on any atom is -0.338 e. The normalized spacial score (nSPS) is 15.0. The number of carbonyl (C=O) groups is 2. The standard InChI is InChI=1S/C40H48F3N3O2S/c1-4-7-8-11-32-13-15-34(16-14-32)30-46(38(47)22-19-33-17-20-35(21-18-33)40(41,42)43)37(28-36-12-9-27-49-36)39(48)45-25-23-44(24-26-45)29-31(6-3)10-5-2/h6,9-10,12-22,27,37H,3-5,7-8,11,23-26,28-30H2,1-2H3/b22-19+,31-10+. The van der Waals surface area contributed by atoms with E-state index in [1.165, 1.54) is 41.8 Å². The van der Waals surface area contributed by atoms with E-state index in [2.05, 4.69) is 43.5 Å². The van der Waals surface area contributed by atoms with Crippen molar-refractivity contribution >= 4 is 29.2 Å². The van der Waals surface area contributed by atoms with E-state index in [4.69, 9.17) is 0 Å². The largest absolute Gasteiger partial charge is 0.416 e. The number of alkyl halides is 3. The molecule has 2 amide bonds. The minimum absolute atomic E-state index is 0.103. The molecule has 2 aromatic carbocycles. The first-order valence-electron chi connectivity index (χ1n) is 17.2. The van der Waals surface area contributed by atoms with Crippen LogP contribution in [0.1, 0.15) is 66.7 Å². The predicted octanol–water partition coefficient (Wildman–Crippen LogP) is 8.82. The van der Waals surface area contributed by atoms with Crippen LogP contribution in [0.5, 0.6) is 0 Å². The van der Waals surface area contributed by atoms with Crippen molar-refractivity contribution in [3.05, 3.63) is 124 Å². The summed E-state index contributed by atoms with van der Waals surface area (Å²) < 4.78 is 39.4. The van der Waals surface area contributed by atoms with Gasteiger partial charge in [0, 0.05) is 56.6 Å². The molecule has 1 unspecified atom stereocenters. The van der Waals surface area contributed by atoms with Crippen LogP contribution in [0, 0.1) is 0 Å². The maximum Gasteiger partial charge on any atom is 0.416 e. The Hall–Kier alpha value is -3.95. The van der Waals surface area contributed by atoms with Gasteiger partial charge < -0.3 is 9.80 Å². The number of halogens is 3. The molecule has 0 N–H and O–H groups in total. The van der Waals surface area contributed by atoms with Crippen LogP contribution < -0.4 is 0 Å². The van der Waals surface area contributed by atoms with E-state index < -0.39 is 17.8 Å². The summed E-state index contributed by atoms with van der Waals surface area (Å²) in [4.78, 5) is 35.3. The monoisotopic (exact) mass is 691 g/mol. The van der Waals surface area contributed by atoms with Crippen molar-refractivity contribution in [2.45, 2.75) is 71.1 Å². The number of hydrogen-bond donors (Lipinski definition) is 0. The molecule has 0 radical (unpaired) electrons. The molecular formula is C40H48F3N3O2S. The van der Waals surface area contributed by atoms with E-state index in [9.17, 15) is 22.8 Å². The molecule has 5 nitrogen and oxygen atoms in total. The lowest BCUT2D eigenvalue weighted by Gasteiger charge is -2.39. The van der Waals surface area contributed by atoms with Crippen LogP contribution in [0.4, 0.5) is 13.2 Å². The lowest BCUT2D eigenvalue weighted by molar-refractivity contribution is -0.145. The Morgan fingerprint density at radius 1 is 0.959 bits per heavy atom. The van der Waals surface area contributed by atoms with Crippen molar-refractivity contribution in [3.8, 4) is 0 Å². The molecule has 3 aromatic rings. The summed E-state index contributed by atoms with van der Waals surface area (Å²) in [6, 6.07) is 16.1. The highest BCUT2D eigenvalue weighted by Gasteiger charge is 2.34. The highest BCUT2D eigenvalue weighted by Crippen LogP contribution is 2.29. The Morgan fingerprint density at radius 2 is 1.65 bits per heavy atom. The molecule has 1 atom stereocenters. The molecule has 4 rings (SSSR count). The van der Waals surface area contributed by atoms with Gasteiger partial charge in [-0.25, -0.2) is 0 Å². The second-order valence-electron chi connectivity index (χ2n) is 12.5. The molecular weight excluding hydrogens is 644 g/mol. The number of thiophene rings is 1. The van der Waals surface area contributed by atoms with E-state index in [-0.39, 0.29) is 18.4 Å². The SMILES string of the molecule is C=C/C(=C\CC)CN1CCN(C(=O)C(Cc2cccs2)N(Cc2ccc(CCCCC)cc2)C(=O)/C=C/c2ccc(C(F)(F)F)cc2)CC1. The third-order valence-electron chi connectivity index (χ3n) is 8.84. The van der Waals surface area contributed by atoms with Gasteiger partial charge in [0.05, 0.1) is 5.56 Å². The van der Waals surface area contributed by atoms with Crippen LogP contribution in [-0.4, -0.2) is 65.3 Å². The topological polar surface area (TPSA) is 43.9 Å². The van der Waals surface area contributed by atoms with Crippen LogP contribution in [0.3, 0.4) is 0 Å². The lowest BCUT2D eigenvalue weighted by atomic mass is 10.0. The van der Waals surface area contributed by atoms with Gasteiger partial charge in [-0.05, 0) is 71.2 Å². The summed E-state index contributed by atoms with van der Waals surface area (Å²) in [7, 11) is 0. The number of benzene rings is 2. The quantitative estimate of drug-likeness (QED) is 0.0857. The van der Waals surface area contributed by atoms with Gasteiger partial charge in [0.1, 0.15) is 6.04 Å². The predicted molar refractivity (Wildman–Crippen MR) is 194 cm³/mol. The second-order valence-corrected chi connectivity index (χ2v) is 13.5. The molecule has 0 spiro atoms. The van der Waals surface area contributed by atoms with Crippen LogP contribution >= 0.6 is 11.3 Å². The zero-order valence-electron chi connectivity index (χ0n) is 28.6. The maximum atomic E-state index is 14.4. The van der Waals surface area contributed by atoms with Crippen LogP contribution in [-0.2, 0) is 35.2 Å². The molecule has 2 heterocycles. The maximum absolute atomic E-state index is 14.4. The van der Waals surface area contributed by atoms with E-state index >= 15 is 0 Å². The van der Waals surface area contributed by atoms with Gasteiger partial charge in [-0.2, -0.15) is 13.2 Å². The van der Waals surface area contributed by atoms with Crippen LogP contribution in [0.25, 0.3) is 6.08 Å². The minimum atomic E-state index is -4.44. The Labute approximate surface area is 293 Å². The van der Waals surface area contributed by atoms with Gasteiger partial charge in [0.2, 0.25) is 11.8 Å². The number of aryl methyl sites for hydroxylation is 1. The zero-order valence-corrected chi connectivity index (χ0v) is 29.4. The highest BCUT2D eigenvalue weighted by molar-refractivity contribution is 7.09. The molecule has 1 saturated heterocycles. The molecule has 1 fully saturated rings. The fourth-order valence-corrected chi connectivity index (χ4v) is 6.74. The van der Waals surface area contributed by atoms with Gasteiger partial charge in [0.15, 0.2) is 0 Å². The Morgan fingerprint density at radius 3 is 2.24 bits per heavy atom. The van der Waals surface area contributed by atoms with E-state index in [1.807, 2.05) is 40.6 Å². The number of carbonyl (C=O) groups excluding carboxylic acids is 2. The first-order chi connectivity index (χ1) is 23.6. The van der Waals surface area contributed by atoms with E-state index in [0.717, 1.165) is 54.8 Å². The van der Waals surface area contributed by atoms with Gasteiger partial charge in [-0.15, -0.1) is 11.3 Å². The van der Waals surface area contributed by atoms with Gasteiger partial charge in [-0.3, -0.25) is 14.5 Å². The number of hydrogen-bond acceptors (Lipinski definition) is 4.